The van der Waals surface area contributed by atoms with Crippen molar-refractivity contribution < 1.29 is 9.47 Å². The smallest absolute Gasteiger partial charge is 0.119 e. The Morgan fingerprint density at radius 2 is 1.30 bits per heavy atom. The van der Waals surface area contributed by atoms with Crippen molar-refractivity contribution in [2.24, 2.45) is 0 Å². The minimum absolute atomic E-state index is 0.626. The van der Waals surface area contributed by atoms with E-state index in [-0.39, 0.29) is 0 Å². The largest absolute Gasteiger partial charge is 0.493 e. The maximum absolute atomic E-state index is 5.81. The minimum Gasteiger partial charge on any atom is -0.493 e. The summed E-state index contributed by atoms with van der Waals surface area (Å²) in [6.07, 6.45) is 1.96. The SMILES string of the molecule is CCc1ccc(OCCNc2ccc(OCCc3ccccc3)cc2)cc1. The van der Waals surface area contributed by atoms with Gasteiger partial charge in [0.1, 0.15) is 18.1 Å². The van der Waals surface area contributed by atoms with E-state index in [9.17, 15) is 0 Å². The van der Waals surface area contributed by atoms with Crippen LogP contribution in [-0.2, 0) is 12.8 Å². The Hall–Kier alpha value is -2.94. The molecule has 0 aliphatic carbocycles. The lowest BCUT2D eigenvalue weighted by molar-refractivity contribution is 0.322. The molecule has 3 nitrogen and oxygen atoms in total. The molecule has 0 spiro atoms. The normalized spacial score (nSPS) is 10.4. The molecule has 0 unspecified atom stereocenters. The summed E-state index contributed by atoms with van der Waals surface area (Å²) in [5.41, 5.74) is 3.68. The van der Waals surface area contributed by atoms with Crippen molar-refractivity contribution in [3.63, 3.8) is 0 Å². The summed E-state index contributed by atoms with van der Waals surface area (Å²) >= 11 is 0. The van der Waals surface area contributed by atoms with E-state index < -0.39 is 0 Å². The number of nitrogens with one attached hydrogen (secondary N) is 1. The molecule has 3 heteroatoms. The van der Waals surface area contributed by atoms with Crippen molar-refractivity contribution in [1.82, 2.24) is 0 Å². The van der Waals surface area contributed by atoms with Crippen LogP contribution >= 0.6 is 0 Å². The first-order chi connectivity index (χ1) is 13.3. The van der Waals surface area contributed by atoms with E-state index in [0.29, 0.717) is 13.2 Å². The number of anilines is 1. The van der Waals surface area contributed by atoms with Crippen LogP contribution in [0.1, 0.15) is 18.1 Å². The van der Waals surface area contributed by atoms with Crippen molar-refractivity contribution >= 4 is 5.69 Å². The molecular weight excluding hydrogens is 334 g/mol. The maximum Gasteiger partial charge on any atom is 0.119 e. The van der Waals surface area contributed by atoms with Crippen molar-refractivity contribution in [1.29, 1.82) is 0 Å². The van der Waals surface area contributed by atoms with Crippen molar-refractivity contribution in [3.05, 3.63) is 90.0 Å². The Bertz CT molecular complexity index is 783. The van der Waals surface area contributed by atoms with Crippen LogP contribution in [0.3, 0.4) is 0 Å². The highest BCUT2D eigenvalue weighted by molar-refractivity contribution is 5.46. The van der Waals surface area contributed by atoms with Gasteiger partial charge in [-0.25, -0.2) is 0 Å². The Balaban J connectivity index is 1.34. The molecule has 0 saturated heterocycles. The molecule has 0 aromatic heterocycles. The monoisotopic (exact) mass is 361 g/mol. The lowest BCUT2D eigenvalue weighted by Crippen LogP contribution is -2.11. The van der Waals surface area contributed by atoms with Crippen molar-refractivity contribution in [2.75, 3.05) is 25.1 Å². The molecule has 0 amide bonds. The van der Waals surface area contributed by atoms with Crippen LogP contribution in [-0.4, -0.2) is 19.8 Å². The summed E-state index contributed by atoms with van der Waals surface area (Å²) in [5, 5.41) is 3.37. The fourth-order valence-corrected chi connectivity index (χ4v) is 2.79. The predicted octanol–water partition coefficient (Wildman–Crippen LogP) is 5.36. The molecular formula is C24H27NO2. The zero-order valence-electron chi connectivity index (χ0n) is 15.9. The van der Waals surface area contributed by atoms with E-state index in [0.717, 1.165) is 36.6 Å². The van der Waals surface area contributed by atoms with Crippen LogP contribution < -0.4 is 14.8 Å². The fraction of sp³-hybridized carbons (Fsp3) is 0.250. The zero-order chi connectivity index (χ0) is 18.7. The summed E-state index contributed by atoms with van der Waals surface area (Å²) in [5.74, 6) is 1.81. The zero-order valence-corrected chi connectivity index (χ0v) is 15.9. The van der Waals surface area contributed by atoms with Crippen LogP contribution in [0.15, 0.2) is 78.9 Å². The molecule has 3 aromatic carbocycles. The molecule has 0 fully saturated rings. The lowest BCUT2D eigenvalue weighted by atomic mass is 10.2. The second-order valence-corrected chi connectivity index (χ2v) is 6.38. The first-order valence-corrected chi connectivity index (χ1v) is 9.56. The number of aryl methyl sites for hydroxylation is 1. The van der Waals surface area contributed by atoms with Gasteiger partial charge in [-0.1, -0.05) is 49.4 Å². The molecule has 3 rings (SSSR count). The van der Waals surface area contributed by atoms with Crippen molar-refractivity contribution in [3.8, 4) is 11.5 Å². The standard InChI is InChI=1S/C24H27NO2/c1-2-20-8-12-23(13-9-20)27-19-17-25-22-10-14-24(15-11-22)26-18-16-21-6-4-3-5-7-21/h3-15,25H,2,16-19H2,1H3. The molecule has 140 valence electrons. The molecule has 0 saturated carbocycles. The van der Waals surface area contributed by atoms with Crippen molar-refractivity contribution in [2.45, 2.75) is 19.8 Å². The summed E-state index contributed by atoms with van der Waals surface area (Å²) in [6.45, 7) is 4.21. The van der Waals surface area contributed by atoms with Crippen LogP contribution in [0.4, 0.5) is 5.69 Å². The van der Waals surface area contributed by atoms with Crippen LogP contribution in [0.5, 0.6) is 11.5 Å². The van der Waals surface area contributed by atoms with Gasteiger partial charge >= 0.3 is 0 Å². The Morgan fingerprint density at radius 1 is 0.667 bits per heavy atom. The fourth-order valence-electron chi connectivity index (χ4n) is 2.79. The van der Waals surface area contributed by atoms with E-state index >= 15 is 0 Å². The van der Waals surface area contributed by atoms with E-state index in [1.165, 1.54) is 11.1 Å². The summed E-state index contributed by atoms with van der Waals surface area (Å²) in [7, 11) is 0. The Kier molecular flexibility index (Phi) is 7.16. The van der Waals surface area contributed by atoms with Crippen LogP contribution in [0, 0.1) is 0 Å². The minimum atomic E-state index is 0.626. The topological polar surface area (TPSA) is 30.5 Å². The van der Waals surface area contributed by atoms with Gasteiger partial charge in [0.25, 0.3) is 0 Å². The summed E-state index contributed by atoms with van der Waals surface area (Å²) in [6, 6.07) is 26.7. The number of rotatable bonds is 10. The Morgan fingerprint density at radius 3 is 1.96 bits per heavy atom. The quantitative estimate of drug-likeness (QED) is 0.493. The van der Waals surface area contributed by atoms with Gasteiger partial charge in [-0.05, 0) is 53.9 Å². The number of hydrogen-bond acceptors (Lipinski definition) is 3. The highest BCUT2D eigenvalue weighted by atomic mass is 16.5. The first kappa shape index (κ1) is 18.8. The Labute approximate surface area is 162 Å². The molecule has 0 aliphatic heterocycles. The van der Waals surface area contributed by atoms with E-state index in [2.05, 4.69) is 48.6 Å². The average Bonchev–Trinajstić information content (AvgIpc) is 2.73. The van der Waals surface area contributed by atoms with E-state index in [1.54, 1.807) is 0 Å². The van der Waals surface area contributed by atoms with Gasteiger partial charge in [0, 0.05) is 18.7 Å². The number of ether oxygens (including phenoxy) is 2. The summed E-state index contributed by atoms with van der Waals surface area (Å²) in [4.78, 5) is 0. The van der Waals surface area contributed by atoms with Crippen LogP contribution in [0.2, 0.25) is 0 Å². The van der Waals surface area contributed by atoms with E-state index in [1.807, 2.05) is 42.5 Å². The second-order valence-electron chi connectivity index (χ2n) is 6.38. The highest BCUT2D eigenvalue weighted by Crippen LogP contribution is 2.16. The van der Waals surface area contributed by atoms with Gasteiger partial charge in [-0.15, -0.1) is 0 Å². The molecule has 0 bridgehead atoms. The van der Waals surface area contributed by atoms with Crippen LogP contribution in [0.25, 0.3) is 0 Å². The van der Waals surface area contributed by atoms with Gasteiger partial charge in [-0.2, -0.15) is 0 Å². The van der Waals surface area contributed by atoms with Gasteiger partial charge in [0.05, 0.1) is 6.61 Å². The molecule has 0 radical (unpaired) electrons. The lowest BCUT2D eigenvalue weighted by Gasteiger charge is -2.10. The first-order valence-electron chi connectivity index (χ1n) is 9.56. The van der Waals surface area contributed by atoms with Gasteiger partial charge < -0.3 is 14.8 Å². The van der Waals surface area contributed by atoms with Gasteiger partial charge in [0.15, 0.2) is 0 Å². The summed E-state index contributed by atoms with van der Waals surface area (Å²) < 4.78 is 11.6. The molecule has 3 aromatic rings. The highest BCUT2D eigenvalue weighted by Gasteiger charge is 1.98. The van der Waals surface area contributed by atoms with E-state index in [4.69, 9.17) is 9.47 Å². The molecule has 0 aliphatic rings. The van der Waals surface area contributed by atoms with Gasteiger partial charge in [0.2, 0.25) is 0 Å². The molecule has 27 heavy (non-hydrogen) atoms. The second kappa shape index (κ2) is 10.3. The molecule has 0 heterocycles. The predicted molar refractivity (Wildman–Crippen MR) is 112 cm³/mol. The average molecular weight is 361 g/mol. The number of hydrogen-bond donors (Lipinski definition) is 1. The maximum atomic E-state index is 5.81. The number of benzene rings is 3. The molecule has 1 N–H and O–H groups in total. The van der Waals surface area contributed by atoms with Gasteiger partial charge in [-0.3, -0.25) is 0 Å². The molecule has 0 atom stereocenters. The third-order valence-electron chi connectivity index (χ3n) is 4.39. The third kappa shape index (κ3) is 6.37. The third-order valence-corrected chi connectivity index (χ3v) is 4.39.